The van der Waals surface area contributed by atoms with E-state index in [4.69, 9.17) is 4.74 Å². The molecule has 20 heavy (non-hydrogen) atoms. The van der Waals surface area contributed by atoms with E-state index in [0.29, 0.717) is 6.04 Å². The van der Waals surface area contributed by atoms with Crippen LogP contribution in [0.5, 0.6) is 0 Å². The molecule has 1 unspecified atom stereocenters. The highest BCUT2D eigenvalue weighted by atomic mass is 32.1. The number of fused-ring (bicyclic) bond motifs is 1. The fourth-order valence-electron chi connectivity index (χ4n) is 2.59. The summed E-state index contributed by atoms with van der Waals surface area (Å²) in [7, 11) is 0. The maximum Gasteiger partial charge on any atom is 0.193 e. The minimum Gasteiger partial charge on any atom is -0.378 e. The first kappa shape index (κ1) is 14.0. The Morgan fingerprint density at radius 2 is 2.50 bits per heavy atom. The van der Waals surface area contributed by atoms with E-state index in [1.165, 1.54) is 6.42 Å². The average molecular weight is 294 g/mol. The largest absolute Gasteiger partial charge is 0.378 e. The second kappa shape index (κ2) is 6.67. The molecular formula is C14H22N4OS. The molecule has 3 heterocycles. The van der Waals surface area contributed by atoms with Crippen molar-refractivity contribution >= 4 is 16.3 Å². The normalized spacial score (nSPS) is 20.8. The lowest BCUT2D eigenvalue weighted by Gasteiger charge is -2.35. The molecule has 0 aromatic carbocycles. The Bertz CT molecular complexity index is 509. The van der Waals surface area contributed by atoms with Gasteiger partial charge in [-0.15, -0.1) is 11.3 Å². The summed E-state index contributed by atoms with van der Waals surface area (Å²) >= 11 is 1.68. The number of hydrogen-bond donors (Lipinski definition) is 1. The molecule has 0 radical (unpaired) electrons. The topological polar surface area (TPSA) is 41.8 Å². The van der Waals surface area contributed by atoms with E-state index in [1.54, 1.807) is 11.3 Å². The minimum absolute atomic E-state index is 0.454. The van der Waals surface area contributed by atoms with Crippen LogP contribution in [0.3, 0.4) is 0 Å². The van der Waals surface area contributed by atoms with Crippen LogP contribution < -0.4 is 5.32 Å². The van der Waals surface area contributed by atoms with Crippen molar-refractivity contribution in [1.29, 1.82) is 0 Å². The van der Waals surface area contributed by atoms with Crippen molar-refractivity contribution in [1.82, 2.24) is 19.6 Å². The van der Waals surface area contributed by atoms with Gasteiger partial charge in [0.1, 0.15) is 0 Å². The third-order valence-corrected chi connectivity index (χ3v) is 4.44. The number of thiazole rings is 1. The Hall–Kier alpha value is -0.950. The number of nitrogens with zero attached hydrogens (tertiary/aromatic N) is 3. The Labute approximate surface area is 123 Å². The van der Waals surface area contributed by atoms with Crippen molar-refractivity contribution in [2.24, 2.45) is 0 Å². The molecule has 0 saturated carbocycles. The van der Waals surface area contributed by atoms with E-state index < -0.39 is 0 Å². The molecular weight excluding hydrogens is 272 g/mol. The lowest BCUT2D eigenvalue weighted by Crippen LogP contribution is -2.50. The third kappa shape index (κ3) is 3.20. The highest BCUT2D eigenvalue weighted by Crippen LogP contribution is 2.15. The van der Waals surface area contributed by atoms with Crippen molar-refractivity contribution < 1.29 is 4.74 Å². The van der Waals surface area contributed by atoms with Crippen LogP contribution in [-0.2, 0) is 11.3 Å². The molecule has 0 aliphatic carbocycles. The highest BCUT2D eigenvalue weighted by Gasteiger charge is 2.23. The highest BCUT2D eigenvalue weighted by molar-refractivity contribution is 7.15. The third-order valence-electron chi connectivity index (χ3n) is 3.66. The van der Waals surface area contributed by atoms with Gasteiger partial charge in [-0.25, -0.2) is 4.98 Å². The van der Waals surface area contributed by atoms with Crippen LogP contribution in [0.1, 0.15) is 19.0 Å². The van der Waals surface area contributed by atoms with E-state index >= 15 is 0 Å². The van der Waals surface area contributed by atoms with Gasteiger partial charge in [-0.3, -0.25) is 9.30 Å². The molecule has 2 aromatic rings. The fourth-order valence-corrected chi connectivity index (χ4v) is 3.31. The predicted octanol–water partition coefficient (Wildman–Crippen LogP) is 1.60. The summed E-state index contributed by atoms with van der Waals surface area (Å²) < 4.78 is 7.72. The van der Waals surface area contributed by atoms with Crippen LogP contribution in [0.15, 0.2) is 17.8 Å². The predicted molar refractivity (Wildman–Crippen MR) is 81.2 cm³/mol. The lowest BCUT2D eigenvalue weighted by molar-refractivity contribution is -0.0113. The SMILES string of the molecule is CCCNCC1COCCN1Cc1cn2ccsc2n1. The number of ether oxygens (including phenoxy) is 1. The van der Waals surface area contributed by atoms with Crippen molar-refractivity contribution in [3.8, 4) is 0 Å². The zero-order valence-electron chi connectivity index (χ0n) is 11.9. The summed E-state index contributed by atoms with van der Waals surface area (Å²) in [4.78, 5) is 8.24. The van der Waals surface area contributed by atoms with Crippen LogP contribution in [0.2, 0.25) is 0 Å². The molecule has 1 saturated heterocycles. The molecule has 0 bridgehead atoms. The molecule has 0 spiro atoms. The molecule has 110 valence electrons. The summed E-state index contributed by atoms with van der Waals surface area (Å²) in [6, 6.07) is 0.454. The van der Waals surface area contributed by atoms with Crippen molar-refractivity contribution in [2.45, 2.75) is 25.9 Å². The van der Waals surface area contributed by atoms with E-state index in [2.05, 4.69) is 44.3 Å². The summed E-state index contributed by atoms with van der Waals surface area (Å²) in [5.41, 5.74) is 1.15. The maximum atomic E-state index is 5.62. The Morgan fingerprint density at radius 1 is 1.55 bits per heavy atom. The number of imidazole rings is 1. The molecule has 1 aliphatic heterocycles. The van der Waals surface area contributed by atoms with Crippen LogP contribution in [0, 0.1) is 0 Å². The number of hydrogen-bond acceptors (Lipinski definition) is 5. The summed E-state index contributed by atoms with van der Waals surface area (Å²) in [6.07, 6.45) is 5.37. The molecule has 1 N–H and O–H groups in total. The van der Waals surface area contributed by atoms with Gasteiger partial charge in [-0.2, -0.15) is 0 Å². The Balaban J connectivity index is 1.62. The van der Waals surface area contributed by atoms with Crippen molar-refractivity contribution in [3.63, 3.8) is 0 Å². The van der Waals surface area contributed by atoms with Gasteiger partial charge in [-0.1, -0.05) is 6.92 Å². The first-order valence-corrected chi connectivity index (χ1v) is 8.18. The number of aromatic nitrogens is 2. The average Bonchev–Trinajstić information content (AvgIpc) is 3.02. The Kier molecular flexibility index (Phi) is 4.67. The van der Waals surface area contributed by atoms with Crippen LogP contribution >= 0.6 is 11.3 Å². The summed E-state index contributed by atoms with van der Waals surface area (Å²) in [5.74, 6) is 0. The van der Waals surface area contributed by atoms with Crippen molar-refractivity contribution in [3.05, 3.63) is 23.5 Å². The molecule has 1 fully saturated rings. The second-order valence-electron chi connectivity index (χ2n) is 5.23. The summed E-state index contributed by atoms with van der Waals surface area (Å²) in [6.45, 7) is 7.81. The van der Waals surface area contributed by atoms with Crippen LogP contribution in [-0.4, -0.2) is 53.2 Å². The molecule has 5 nitrogen and oxygen atoms in total. The van der Waals surface area contributed by atoms with Crippen LogP contribution in [0.25, 0.3) is 4.96 Å². The molecule has 6 heteroatoms. The zero-order chi connectivity index (χ0) is 13.8. The van der Waals surface area contributed by atoms with Gasteiger partial charge in [-0.05, 0) is 13.0 Å². The van der Waals surface area contributed by atoms with Gasteiger partial charge in [0.15, 0.2) is 4.96 Å². The van der Waals surface area contributed by atoms with Gasteiger partial charge in [0.2, 0.25) is 0 Å². The van der Waals surface area contributed by atoms with E-state index in [0.717, 1.165) is 50.0 Å². The molecule has 1 atom stereocenters. The second-order valence-corrected chi connectivity index (χ2v) is 6.10. The monoisotopic (exact) mass is 294 g/mol. The number of morpholine rings is 1. The number of rotatable bonds is 6. The van der Waals surface area contributed by atoms with E-state index in [9.17, 15) is 0 Å². The number of nitrogens with one attached hydrogen (secondary N) is 1. The molecule has 3 rings (SSSR count). The van der Waals surface area contributed by atoms with Gasteiger partial charge >= 0.3 is 0 Å². The zero-order valence-corrected chi connectivity index (χ0v) is 12.7. The summed E-state index contributed by atoms with van der Waals surface area (Å²) in [5, 5.41) is 5.56. The minimum atomic E-state index is 0.454. The standard InChI is InChI=1S/C14H22N4OS/c1-2-3-15-8-13-11-19-6-4-17(13)9-12-10-18-5-7-20-14(18)16-12/h5,7,10,13,15H,2-4,6,8-9,11H2,1H3. The van der Waals surface area contributed by atoms with Crippen LogP contribution in [0.4, 0.5) is 0 Å². The Morgan fingerprint density at radius 3 is 3.35 bits per heavy atom. The van der Waals surface area contributed by atoms with Gasteiger partial charge < -0.3 is 10.1 Å². The lowest BCUT2D eigenvalue weighted by atomic mass is 10.2. The molecule has 1 aliphatic rings. The smallest absolute Gasteiger partial charge is 0.193 e. The van der Waals surface area contributed by atoms with E-state index in [1.807, 2.05) is 0 Å². The maximum absolute atomic E-state index is 5.62. The van der Waals surface area contributed by atoms with E-state index in [-0.39, 0.29) is 0 Å². The molecule has 2 aromatic heterocycles. The fraction of sp³-hybridized carbons (Fsp3) is 0.643. The first-order valence-electron chi connectivity index (χ1n) is 7.30. The quantitative estimate of drug-likeness (QED) is 0.822. The van der Waals surface area contributed by atoms with Gasteiger partial charge in [0, 0.05) is 43.4 Å². The first-order chi connectivity index (χ1) is 9.86. The van der Waals surface area contributed by atoms with Gasteiger partial charge in [0.25, 0.3) is 0 Å². The van der Waals surface area contributed by atoms with Gasteiger partial charge in [0.05, 0.1) is 18.9 Å². The molecule has 0 amide bonds. The van der Waals surface area contributed by atoms with Crippen molar-refractivity contribution in [2.75, 3.05) is 32.8 Å².